The smallest absolute Gasteiger partial charge is 0.318 e. The molecular weight excluding hydrogens is 301 g/mol. The van der Waals surface area contributed by atoms with Crippen molar-refractivity contribution in [2.24, 2.45) is 0 Å². The second-order valence-electron chi connectivity index (χ2n) is 5.58. The van der Waals surface area contributed by atoms with Crippen LogP contribution >= 0.6 is 11.3 Å². The highest BCUT2D eigenvalue weighted by Gasteiger charge is 2.23. The Hall–Kier alpha value is -1.95. The molecule has 1 aliphatic heterocycles. The molecule has 116 valence electrons. The number of hydrogen-bond acceptors (Lipinski definition) is 3. The van der Waals surface area contributed by atoms with Crippen LogP contribution in [0.1, 0.15) is 34.8 Å². The van der Waals surface area contributed by atoms with Gasteiger partial charge in [0, 0.05) is 24.2 Å². The Morgan fingerprint density at radius 1 is 1.45 bits per heavy atom. The number of halogens is 1. The fraction of sp³-hybridized carbons (Fsp3) is 0.375. The van der Waals surface area contributed by atoms with Gasteiger partial charge in [-0.15, -0.1) is 11.3 Å². The average molecular weight is 319 g/mol. The van der Waals surface area contributed by atoms with Crippen molar-refractivity contribution >= 4 is 17.4 Å². The number of rotatable bonds is 2. The van der Waals surface area contributed by atoms with E-state index in [0.717, 1.165) is 28.2 Å². The lowest BCUT2D eigenvalue weighted by Gasteiger charge is -2.30. The van der Waals surface area contributed by atoms with Crippen LogP contribution in [-0.2, 0) is 13.0 Å². The third kappa shape index (κ3) is 3.11. The van der Waals surface area contributed by atoms with Crippen molar-refractivity contribution in [1.82, 2.24) is 15.2 Å². The van der Waals surface area contributed by atoms with Crippen LogP contribution in [0.15, 0.2) is 23.6 Å². The molecule has 1 N–H and O–H groups in total. The lowest BCUT2D eigenvalue weighted by atomic mass is 10.00. The molecule has 1 atom stereocenters. The molecule has 1 aromatic heterocycles. The summed E-state index contributed by atoms with van der Waals surface area (Å²) in [7, 11) is 0. The number of benzene rings is 1. The Bertz CT molecular complexity index is 700. The third-order valence-corrected chi connectivity index (χ3v) is 4.96. The summed E-state index contributed by atoms with van der Waals surface area (Å²) in [4.78, 5) is 18.5. The van der Waals surface area contributed by atoms with Crippen molar-refractivity contribution in [2.45, 2.75) is 32.9 Å². The number of thiazole rings is 1. The molecule has 0 fully saturated rings. The van der Waals surface area contributed by atoms with E-state index >= 15 is 0 Å². The topological polar surface area (TPSA) is 45.2 Å². The molecule has 1 aromatic carbocycles. The lowest BCUT2D eigenvalue weighted by Crippen LogP contribution is -2.43. The van der Waals surface area contributed by atoms with Gasteiger partial charge in [0.1, 0.15) is 10.8 Å². The van der Waals surface area contributed by atoms with Crippen LogP contribution in [0, 0.1) is 12.7 Å². The molecule has 1 unspecified atom stereocenters. The maximum Gasteiger partial charge on any atom is 0.318 e. The van der Waals surface area contributed by atoms with E-state index in [-0.39, 0.29) is 17.9 Å². The van der Waals surface area contributed by atoms with E-state index in [1.165, 1.54) is 12.1 Å². The second kappa shape index (κ2) is 6.04. The number of fused-ring (bicyclic) bond motifs is 1. The van der Waals surface area contributed by atoms with Crippen LogP contribution in [0.3, 0.4) is 0 Å². The van der Waals surface area contributed by atoms with E-state index in [1.807, 2.05) is 19.2 Å². The largest absolute Gasteiger partial charge is 0.329 e. The first kappa shape index (κ1) is 15.0. The molecule has 4 nitrogen and oxygen atoms in total. The number of urea groups is 1. The fourth-order valence-electron chi connectivity index (χ4n) is 2.61. The summed E-state index contributed by atoms with van der Waals surface area (Å²) in [5.41, 5.74) is 2.97. The minimum Gasteiger partial charge on any atom is -0.329 e. The monoisotopic (exact) mass is 319 g/mol. The average Bonchev–Trinajstić information content (AvgIpc) is 2.93. The summed E-state index contributed by atoms with van der Waals surface area (Å²) in [5.74, 6) is -0.257. The summed E-state index contributed by atoms with van der Waals surface area (Å²) in [6.07, 6.45) is 0.758. The summed E-state index contributed by atoms with van der Waals surface area (Å²) in [6, 6.07) is 4.54. The molecule has 0 radical (unpaired) electrons. The van der Waals surface area contributed by atoms with Crippen molar-refractivity contribution in [1.29, 1.82) is 0 Å². The molecule has 0 spiro atoms. The highest BCUT2D eigenvalue weighted by Crippen LogP contribution is 2.21. The quantitative estimate of drug-likeness (QED) is 0.922. The SMILES string of the molecule is Cc1csc(C(C)NC(=O)N2CCc3ccc(F)cc3C2)n1. The zero-order valence-corrected chi connectivity index (χ0v) is 13.4. The highest BCUT2D eigenvalue weighted by molar-refractivity contribution is 7.09. The summed E-state index contributed by atoms with van der Waals surface area (Å²) in [6.45, 7) is 4.95. The first-order chi connectivity index (χ1) is 10.5. The van der Waals surface area contributed by atoms with Crippen LogP contribution < -0.4 is 5.32 Å². The van der Waals surface area contributed by atoms with Crippen LogP contribution in [-0.4, -0.2) is 22.5 Å². The molecule has 22 heavy (non-hydrogen) atoms. The van der Waals surface area contributed by atoms with Crippen molar-refractivity contribution in [3.8, 4) is 0 Å². The van der Waals surface area contributed by atoms with Gasteiger partial charge in [-0.1, -0.05) is 6.07 Å². The maximum absolute atomic E-state index is 13.3. The number of aryl methyl sites for hydroxylation is 1. The van der Waals surface area contributed by atoms with Gasteiger partial charge in [0.25, 0.3) is 0 Å². The lowest BCUT2D eigenvalue weighted by molar-refractivity contribution is 0.189. The molecule has 0 aliphatic carbocycles. The van der Waals surface area contributed by atoms with Gasteiger partial charge in [-0.05, 0) is 43.5 Å². The number of carbonyl (C=O) groups is 1. The van der Waals surface area contributed by atoms with Gasteiger partial charge in [0.15, 0.2) is 0 Å². The van der Waals surface area contributed by atoms with E-state index in [9.17, 15) is 9.18 Å². The Kier molecular flexibility index (Phi) is 4.11. The fourth-order valence-corrected chi connectivity index (χ4v) is 3.41. The normalized spacial score (nSPS) is 15.3. The number of nitrogens with zero attached hydrogens (tertiary/aromatic N) is 2. The minimum absolute atomic E-state index is 0.125. The summed E-state index contributed by atoms with van der Waals surface area (Å²) in [5, 5.41) is 5.83. The van der Waals surface area contributed by atoms with Gasteiger partial charge in [0.05, 0.1) is 6.04 Å². The number of carbonyl (C=O) groups excluding carboxylic acids is 1. The first-order valence-corrected chi connectivity index (χ1v) is 8.15. The first-order valence-electron chi connectivity index (χ1n) is 7.27. The molecule has 2 heterocycles. The van der Waals surface area contributed by atoms with Gasteiger partial charge in [-0.3, -0.25) is 0 Å². The van der Waals surface area contributed by atoms with Crippen LogP contribution in [0.5, 0.6) is 0 Å². The van der Waals surface area contributed by atoms with Crippen molar-refractivity contribution in [2.75, 3.05) is 6.54 Å². The van der Waals surface area contributed by atoms with Crippen LogP contribution in [0.2, 0.25) is 0 Å². The van der Waals surface area contributed by atoms with E-state index in [1.54, 1.807) is 22.3 Å². The molecule has 2 aromatic rings. The molecule has 0 saturated carbocycles. The zero-order valence-electron chi connectivity index (χ0n) is 12.6. The predicted octanol–water partition coefficient (Wildman–Crippen LogP) is 3.42. The summed E-state index contributed by atoms with van der Waals surface area (Å²) < 4.78 is 13.3. The number of nitrogens with one attached hydrogen (secondary N) is 1. The van der Waals surface area contributed by atoms with Gasteiger partial charge >= 0.3 is 6.03 Å². The Labute approximate surface area is 133 Å². The van der Waals surface area contributed by atoms with Gasteiger partial charge in [0.2, 0.25) is 0 Å². The Morgan fingerprint density at radius 2 is 2.27 bits per heavy atom. The van der Waals surface area contributed by atoms with E-state index in [2.05, 4.69) is 10.3 Å². The predicted molar refractivity (Wildman–Crippen MR) is 84.3 cm³/mol. The Balaban J connectivity index is 1.66. The van der Waals surface area contributed by atoms with Crippen molar-refractivity contribution in [3.05, 3.63) is 51.2 Å². The van der Waals surface area contributed by atoms with Crippen LogP contribution in [0.25, 0.3) is 0 Å². The molecule has 3 rings (SSSR count). The van der Waals surface area contributed by atoms with Crippen LogP contribution in [0.4, 0.5) is 9.18 Å². The van der Waals surface area contributed by atoms with E-state index in [4.69, 9.17) is 0 Å². The highest BCUT2D eigenvalue weighted by atomic mass is 32.1. The van der Waals surface area contributed by atoms with Crippen molar-refractivity contribution < 1.29 is 9.18 Å². The molecule has 0 saturated heterocycles. The van der Waals surface area contributed by atoms with E-state index < -0.39 is 0 Å². The minimum atomic E-state index is -0.257. The molecular formula is C16H18FN3OS. The van der Waals surface area contributed by atoms with E-state index in [0.29, 0.717) is 13.1 Å². The van der Waals surface area contributed by atoms with Gasteiger partial charge in [-0.25, -0.2) is 14.2 Å². The number of hydrogen-bond donors (Lipinski definition) is 1. The Morgan fingerprint density at radius 3 is 3.00 bits per heavy atom. The maximum atomic E-state index is 13.3. The number of amides is 2. The van der Waals surface area contributed by atoms with Crippen molar-refractivity contribution in [3.63, 3.8) is 0 Å². The summed E-state index contributed by atoms with van der Waals surface area (Å²) >= 11 is 1.54. The molecule has 6 heteroatoms. The number of aromatic nitrogens is 1. The van der Waals surface area contributed by atoms with Gasteiger partial charge in [-0.2, -0.15) is 0 Å². The molecule has 0 bridgehead atoms. The zero-order chi connectivity index (χ0) is 15.7. The third-order valence-electron chi connectivity index (χ3n) is 3.81. The second-order valence-corrected chi connectivity index (χ2v) is 6.47. The molecule has 1 aliphatic rings. The van der Waals surface area contributed by atoms with Gasteiger partial charge < -0.3 is 10.2 Å². The standard InChI is InChI=1S/C16H18FN3OS/c1-10-9-22-15(18-10)11(2)19-16(21)20-6-5-12-3-4-14(17)7-13(12)8-20/h3-4,7,9,11H,5-6,8H2,1-2H3,(H,19,21). The molecule has 2 amide bonds.